The highest BCUT2D eigenvalue weighted by Gasteiger charge is 2.15. The van der Waals surface area contributed by atoms with Crippen molar-refractivity contribution in [2.24, 2.45) is 5.92 Å². The molecule has 1 aromatic rings. The number of hydrogen-bond acceptors (Lipinski definition) is 4. The summed E-state index contributed by atoms with van der Waals surface area (Å²) in [6.07, 6.45) is 1.84. The minimum Gasteiger partial charge on any atom is -0.481 e. The number of furan rings is 1. The molecule has 1 atom stereocenters. The number of carbonyl (C=O) groups excluding carboxylic acids is 1. The fourth-order valence-corrected chi connectivity index (χ4v) is 1.35. The number of thioether (sulfide) groups is 1. The van der Waals surface area contributed by atoms with Crippen LogP contribution in [0.1, 0.15) is 17.5 Å². The van der Waals surface area contributed by atoms with Gasteiger partial charge in [0.25, 0.3) is 5.91 Å². The summed E-state index contributed by atoms with van der Waals surface area (Å²) < 4.78 is 5.19. The Morgan fingerprint density at radius 2 is 2.25 bits per heavy atom. The molecule has 0 aliphatic carbocycles. The van der Waals surface area contributed by atoms with Crippen molar-refractivity contribution in [2.45, 2.75) is 12.0 Å². The second-order valence-corrected chi connectivity index (χ2v) is 4.08. The van der Waals surface area contributed by atoms with Crippen molar-refractivity contribution < 1.29 is 19.1 Å². The molecule has 0 fully saturated rings. The summed E-state index contributed by atoms with van der Waals surface area (Å²) in [5.41, 5.74) is 0. The van der Waals surface area contributed by atoms with Crippen LogP contribution in [0.5, 0.6) is 0 Å². The SMILES string of the molecule is CSc1ccc(C(=O)NCC(C)C(=O)O)o1. The molecular formula is C10H13NO4S. The monoisotopic (exact) mass is 243 g/mol. The summed E-state index contributed by atoms with van der Waals surface area (Å²) in [7, 11) is 0. The van der Waals surface area contributed by atoms with Gasteiger partial charge in [0, 0.05) is 6.54 Å². The first-order valence-corrected chi connectivity index (χ1v) is 5.92. The summed E-state index contributed by atoms with van der Waals surface area (Å²) in [6.45, 7) is 1.61. The molecule has 1 heterocycles. The van der Waals surface area contributed by atoms with E-state index in [-0.39, 0.29) is 12.3 Å². The number of rotatable bonds is 5. The van der Waals surface area contributed by atoms with Crippen molar-refractivity contribution >= 4 is 23.6 Å². The molecule has 6 heteroatoms. The molecule has 1 unspecified atom stereocenters. The summed E-state index contributed by atoms with van der Waals surface area (Å²) in [5, 5.41) is 11.8. The third kappa shape index (κ3) is 3.30. The quantitative estimate of drug-likeness (QED) is 0.765. The number of amides is 1. The molecule has 88 valence electrons. The Balaban J connectivity index is 2.49. The molecule has 1 amide bonds. The van der Waals surface area contributed by atoms with E-state index in [2.05, 4.69) is 5.32 Å². The molecule has 0 radical (unpaired) electrons. The average Bonchev–Trinajstić information content (AvgIpc) is 2.73. The van der Waals surface area contributed by atoms with Crippen LogP contribution in [0.4, 0.5) is 0 Å². The molecule has 2 N–H and O–H groups in total. The maximum absolute atomic E-state index is 11.5. The van der Waals surface area contributed by atoms with Gasteiger partial charge in [0.1, 0.15) is 0 Å². The molecule has 0 aliphatic rings. The van der Waals surface area contributed by atoms with Crippen LogP contribution < -0.4 is 5.32 Å². The molecule has 0 spiro atoms. The summed E-state index contributed by atoms with van der Waals surface area (Å²) in [5.74, 6) is -1.75. The van der Waals surface area contributed by atoms with E-state index in [1.165, 1.54) is 18.7 Å². The molecule has 0 bridgehead atoms. The van der Waals surface area contributed by atoms with Gasteiger partial charge in [0.15, 0.2) is 10.9 Å². The van der Waals surface area contributed by atoms with Crippen molar-refractivity contribution in [3.8, 4) is 0 Å². The molecule has 0 aromatic carbocycles. The van der Waals surface area contributed by atoms with Crippen LogP contribution in [0.3, 0.4) is 0 Å². The second-order valence-electron chi connectivity index (χ2n) is 3.27. The Labute approximate surface area is 97.2 Å². The van der Waals surface area contributed by atoms with E-state index in [9.17, 15) is 9.59 Å². The predicted octanol–water partition coefficient (Wildman–Crippen LogP) is 1.45. The minimum absolute atomic E-state index is 0.0868. The van der Waals surface area contributed by atoms with Gasteiger partial charge in [-0.05, 0) is 18.4 Å². The third-order valence-electron chi connectivity index (χ3n) is 2.00. The zero-order chi connectivity index (χ0) is 12.1. The highest BCUT2D eigenvalue weighted by molar-refractivity contribution is 7.98. The van der Waals surface area contributed by atoms with Gasteiger partial charge in [-0.25, -0.2) is 0 Å². The highest BCUT2D eigenvalue weighted by Crippen LogP contribution is 2.17. The van der Waals surface area contributed by atoms with E-state index in [0.29, 0.717) is 5.09 Å². The topological polar surface area (TPSA) is 79.5 Å². The molecule has 0 saturated carbocycles. The largest absolute Gasteiger partial charge is 0.481 e. The van der Waals surface area contributed by atoms with Gasteiger partial charge in [0.2, 0.25) is 0 Å². The molecule has 5 nitrogen and oxygen atoms in total. The molecule has 1 aromatic heterocycles. The van der Waals surface area contributed by atoms with E-state index >= 15 is 0 Å². The second kappa shape index (κ2) is 5.60. The van der Waals surface area contributed by atoms with Crippen LogP contribution in [-0.4, -0.2) is 29.8 Å². The standard InChI is InChI=1S/C10H13NO4S/c1-6(10(13)14)5-11-9(12)7-3-4-8(15-7)16-2/h3-4,6H,5H2,1-2H3,(H,11,12)(H,13,14). The van der Waals surface area contributed by atoms with Gasteiger partial charge in [0.05, 0.1) is 5.92 Å². The lowest BCUT2D eigenvalue weighted by Gasteiger charge is -2.06. The minimum atomic E-state index is -0.940. The Hall–Kier alpha value is -1.43. The zero-order valence-corrected chi connectivity index (χ0v) is 9.84. The van der Waals surface area contributed by atoms with Gasteiger partial charge in [-0.1, -0.05) is 18.7 Å². The van der Waals surface area contributed by atoms with Crippen molar-refractivity contribution in [3.05, 3.63) is 17.9 Å². The van der Waals surface area contributed by atoms with Crippen molar-refractivity contribution in [1.29, 1.82) is 0 Å². The van der Waals surface area contributed by atoms with E-state index < -0.39 is 17.8 Å². The Morgan fingerprint density at radius 1 is 1.56 bits per heavy atom. The summed E-state index contributed by atoms with van der Waals surface area (Å²) in [4.78, 5) is 22.0. The third-order valence-corrected chi connectivity index (χ3v) is 2.62. The van der Waals surface area contributed by atoms with E-state index in [0.717, 1.165) is 0 Å². The molecule has 1 rings (SSSR count). The smallest absolute Gasteiger partial charge is 0.308 e. The maximum Gasteiger partial charge on any atom is 0.308 e. The van der Waals surface area contributed by atoms with Crippen LogP contribution >= 0.6 is 11.8 Å². The van der Waals surface area contributed by atoms with Gasteiger partial charge < -0.3 is 14.8 Å². The summed E-state index contributed by atoms with van der Waals surface area (Å²) >= 11 is 1.40. The Kier molecular flexibility index (Phi) is 4.42. The lowest BCUT2D eigenvalue weighted by atomic mass is 10.2. The molecule has 0 aliphatic heterocycles. The lowest BCUT2D eigenvalue weighted by molar-refractivity contribution is -0.140. The maximum atomic E-state index is 11.5. The predicted molar refractivity (Wildman–Crippen MR) is 59.6 cm³/mol. The first-order chi connectivity index (χ1) is 7.54. The van der Waals surface area contributed by atoms with Gasteiger partial charge in [-0.2, -0.15) is 0 Å². The zero-order valence-electron chi connectivity index (χ0n) is 9.02. The van der Waals surface area contributed by atoms with Gasteiger partial charge in [-0.15, -0.1) is 0 Å². The summed E-state index contributed by atoms with van der Waals surface area (Å²) in [6, 6.07) is 3.26. The van der Waals surface area contributed by atoms with E-state index in [1.54, 1.807) is 12.1 Å². The number of carboxylic acid groups (broad SMARTS) is 1. The fraction of sp³-hybridized carbons (Fsp3) is 0.400. The first-order valence-electron chi connectivity index (χ1n) is 4.69. The van der Waals surface area contributed by atoms with Crippen molar-refractivity contribution in [1.82, 2.24) is 5.32 Å². The molecular weight excluding hydrogens is 230 g/mol. The fourth-order valence-electron chi connectivity index (χ4n) is 0.972. The van der Waals surface area contributed by atoms with Crippen LogP contribution in [-0.2, 0) is 4.79 Å². The number of nitrogens with one attached hydrogen (secondary N) is 1. The number of carboxylic acids is 1. The first kappa shape index (κ1) is 12.6. The van der Waals surface area contributed by atoms with E-state index in [4.69, 9.17) is 9.52 Å². The van der Waals surface area contributed by atoms with Crippen molar-refractivity contribution in [2.75, 3.05) is 12.8 Å². The van der Waals surface area contributed by atoms with E-state index in [1.807, 2.05) is 6.26 Å². The Morgan fingerprint density at radius 3 is 2.75 bits per heavy atom. The molecule has 16 heavy (non-hydrogen) atoms. The Bertz CT molecular complexity index is 388. The van der Waals surface area contributed by atoms with Crippen LogP contribution in [0.25, 0.3) is 0 Å². The van der Waals surface area contributed by atoms with Gasteiger partial charge >= 0.3 is 5.97 Å². The average molecular weight is 243 g/mol. The number of carbonyl (C=O) groups is 2. The molecule has 0 saturated heterocycles. The highest BCUT2D eigenvalue weighted by atomic mass is 32.2. The lowest BCUT2D eigenvalue weighted by Crippen LogP contribution is -2.31. The van der Waals surface area contributed by atoms with Crippen molar-refractivity contribution in [3.63, 3.8) is 0 Å². The van der Waals surface area contributed by atoms with Gasteiger partial charge in [-0.3, -0.25) is 9.59 Å². The number of hydrogen-bond donors (Lipinski definition) is 2. The number of aliphatic carboxylic acids is 1. The van der Waals surface area contributed by atoms with Crippen LogP contribution in [0, 0.1) is 5.92 Å². The normalized spacial score (nSPS) is 12.1. The van der Waals surface area contributed by atoms with Crippen LogP contribution in [0.2, 0.25) is 0 Å². The van der Waals surface area contributed by atoms with Crippen LogP contribution in [0.15, 0.2) is 21.6 Å².